The Balaban J connectivity index is 2.15. The van der Waals surface area contributed by atoms with E-state index in [2.05, 4.69) is 6.92 Å². The summed E-state index contributed by atoms with van der Waals surface area (Å²) in [5, 5.41) is 9.88. The average molecular weight is 284 g/mol. The van der Waals surface area contributed by atoms with E-state index in [4.69, 9.17) is 0 Å². The summed E-state index contributed by atoms with van der Waals surface area (Å²) in [5.41, 5.74) is 0.391. The summed E-state index contributed by atoms with van der Waals surface area (Å²) in [6.45, 7) is 2.20. The van der Waals surface area contributed by atoms with Crippen LogP contribution in [0, 0.1) is 11.6 Å². The molecule has 114 valence electrons. The van der Waals surface area contributed by atoms with E-state index in [-0.39, 0.29) is 6.42 Å². The van der Waals surface area contributed by atoms with Crippen molar-refractivity contribution in [2.24, 2.45) is 0 Å². The van der Waals surface area contributed by atoms with Crippen LogP contribution >= 0.6 is 0 Å². The lowest BCUT2D eigenvalue weighted by molar-refractivity contribution is 0.159. The van der Waals surface area contributed by atoms with Crippen LogP contribution in [0.25, 0.3) is 0 Å². The molecule has 0 amide bonds. The summed E-state index contributed by atoms with van der Waals surface area (Å²) in [4.78, 5) is 0. The molecule has 1 unspecified atom stereocenters. The number of benzene rings is 1. The average Bonchev–Trinajstić information content (AvgIpc) is 2.41. The van der Waals surface area contributed by atoms with Crippen molar-refractivity contribution < 1.29 is 13.9 Å². The van der Waals surface area contributed by atoms with Gasteiger partial charge >= 0.3 is 0 Å². The molecule has 1 rings (SSSR count). The van der Waals surface area contributed by atoms with Gasteiger partial charge in [-0.3, -0.25) is 0 Å². The van der Waals surface area contributed by atoms with Crippen molar-refractivity contribution in [1.29, 1.82) is 0 Å². The van der Waals surface area contributed by atoms with Gasteiger partial charge in [-0.15, -0.1) is 0 Å². The summed E-state index contributed by atoms with van der Waals surface area (Å²) < 4.78 is 26.2. The normalized spacial score (nSPS) is 12.6. The lowest BCUT2D eigenvalue weighted by Gasteiger charge is -2.11. The van der Waals surface area contributed by atoms with E-state index in [0.29, 0.717) is 12.0 Å². The highest BCUT2D eigenvalue weighted by Crippen LogP contribution is 2.15. The molecule has 3 heteroatoms. The minimum absolute atomic E-state index is 0.266. The zero-order chi connectivity index (χ0) is 14.8. The van der Waals surface area contributed by atoms with Crippen LogP contribution in [0.5, 0.6) is 0 Å². The van der Waals surface area contributed by atoms with Crippen molar-refractivity contribution in [3.05, 3.63) is 35.4 Å². The molecular weight excluding hydrogens is 258 g/mol. The zero-order valence-corrected chi connectivity index (χ0v) is 12.4. The smallest absolute Gasteiger partial charge is 0.129 e. The Morgan fingerprint density at radius 2 is 1.65 bits per heavy atom. The van der Waals surface area contributed by atoms with Crippen LogP contribution < -0.4 is 0 Å². The maximum Gasteiger partial charge on any atom is 0.129 e. The molecule has 1 aromatic rings. The van der Waals surface area contributed by atoms with Crippen LogP contribution in [0.15, 0.2) is 18.2 Å². The lowest BCUT2D eigenvalue weighted by atomic mass is 10.0. The predicted molar refractivity (Wildman–Crippen MR) is 78.7 cm³/mol. The topological polar surface area (TPSA) is 20.2 Å². The molecule has 0 saturated heterocycles. The summed E-state index contributed by atoms with van der Waals surface area (Å²) >= 11 is 0. The molecule has 1 atom stereocenters. The van der Waals surface area contributed by atoms with Gasteiger partial charge in [-0.1, -0.05) is 57.9 Å². The third-order valence-corrected chi connectivity index (χ3v) is 3.61. The SMILES string of the molecule is CCCCCCCCCC(O)Cc1ccc(F)cc1F. The number of aliphatic hydroxyl groups is 1. The number of rotatable bonds is 10. The van der Waals surface area contributed by atoms with Gasteiger partial charge < -0.3 is 5.11 Å². The Labute approximate surface area is 121 Å². The highest BCUT2D eigenvalue weighted by Gasteiger charge is 2.10. The minimum atomic E-state index is -0.576. The van der Waals surface area contributed by atoms with Gasteiger partial charge in [0.15, 0.2) is 0 Å². The Morgan fingerprint density at radius 3 is 2.30 bits per heavy atom. The first-order valence-corrected chi connectivity index (χ1v) is 7.75. The molecule has 0 heterocycles. The standard InChI is InChI=1S/C17H26F2O/c1-2-3-4-5-6-7-8-9-16(20)12-14-10-11-15(18)13-17(14)19/h10-11,13,16,20H,2-9,12H2,1H3. The maximum absolute atomic E-state index is 13.4. The van der Waals surface area contributed by atoms with Crippen molar-refractivity contribution in [2.45, 2.75) is 70.8 Å². The summed E-state index contributed by atoms with van der Waals surface area (Å²) in [6, 6.07) is 3.52. The fraction of sp³-hybridized carbons (Fsp3) is 0.647. The van der Waals surface area contributed by atoms with Gasteiger partial charge in [0.25, 0.3) is 0 Å². The highest BCUT2D eigenvalue weighted by atomic mass is 19.1. The van der Waals surface area contributed by atoms with Crippen molar-refractivity contribution in [3.8, 4) is 0 Å². The molecule has 1 N–H and O–H groups in total. The molecular formula is C17H26F2O. The van der Waals surface area contributed by atoms with E-state index < -0.39 is 17.7 Å². The van der Waals surface area contributed by atoms with E-state index in [1.54, 1.807) is 0 Å². The van der Waals surface area contributed by atoms with Crippen molar-refractivity contribution >= 4 is 0 Å². The Kier molecular flexibility index (Phi) is 8.43. The van der Waals surface area contributed by atoms with Crippen LogP contribution in [0.3, 0.4) is 0 Å². The highest BCUT2D eigenvalue weighted by molar-refractivity contribution is 5.19. The van der Waals surface area contributed by atoms with E-state index in [0.717, 1.165) is 18.9 Å². The predicted octanol–water partition coefficient (Wildman–Crippen LogP) is 5.01. The molecule has 0 aliphatic carbocycles. The maximum atomic E-state index is 13.4. The van der Waals surface area contributed by atoms with Gasteiger partial charge in [0.1, 0.15) is 11.6 Å². The van der Waals surface area contributed by atoms with Crippen molar-refractivity contribution in [1.82, 2.24) is 0 Å². The van der Waals surface area contributed by atoms with Crippen LogP contribution in [0.1, 0.15) is 63.9 Å². The summed E-state index contributed by atoms with van der Waals surface area (Å²) in [6.07, 6.45) is 8.81. The first-order valence-electron chi connectivity index (χ1n) is 7.75. The van der Waals surface area contributed by atoms with Crippen LogP contribution in [0.4, 0.5) is 8.78 Å². The van der Waals surface area contributed by atoms with E-state index in [1.807, 2.05) is 0 Å². The molecule has 0 fully saturated rings. The third-order valence-electron chi connectivity index (χ3n) is 3.61. The molecule has 0 aliphatic rings. The van der Waals surface area contributed by atoms with Gasteiger partial charge in [0.05, 0.1) is 6.10 Å². The monoisotopic (exact) mass is 284 g/mol. The van der Waals surface area contributed by atoms with Crippen LogP contribution in [-0.4, -0.2) is 11.2 Å². The van der Waals surface area contributed by atoms with E-state index >= 15 is 0 Å². The van der Waals surface area contributed by atoms with Crippen molar-refractivity contribution in [2.75, 3.05) is 0 Å². The second kappa shape index (κ2) is 9.87. The lowest BCUT2D eigenvalue weighted by Crippen LogP contribution is -2.11. The van der Waals surface area contributed by atoms with E-state index in [9.17, 15) is 13.9 Å². The van der Waals surface area contributed by atoms with Gasteiger partial charge in [-0.25, -0.2) is 8.78 Å². The molecule has 0 spiro atoms. The fourth-order valence-electron chi connectivity index (χ4n) is 2.38. The van der Waals surface area contributed by atoms with Gasteiger partial charge in [0, 0.05) is 12.5 Å². The van der Waals surface area contributed by atoms with Gasteiger partial charge in [-0.05, 0) is 18.1 Å². The van der Waals surface area contributed by atoms with Crippen LogP contribution in [-0.2, 0) is 6.42 Å². The molecule has 0 saturated carbocycles. The second-order valence-electron chi connectivity index (χ2n) is 5.50. The Bertz CT molecular complexity index is 379. The molecule has 0 bridgehead atoms. The Morgan fingerprint density at radius 1 is 1.00 bits per heavy atom. The summed E-state index contributed by atoms with van der Waals surface area (Å²) in [5.74, 6) is -1.14. The molecule has 0 aliphatic heterocycles. The first-order chi connectivity index (χ1) is 9.63. The van der Waals surface area contributed by atoms with E-state index in [1.165, 1.54) is 44.2 Å². The third kappa shape index (κ3) is 6.99. The van der Waals surface area contributed by atoms with Gasteiger partial charge in [0.2, 0.25) is 0 Å². The molecule has 20 heavy (non-hydrogen) atoms. The molecule has 1 nitrogen and oxygen atoms in total. The first kappa shape index (κ1) is 17.1. The fourth-order valence-corrected chi connectivity index (χ4v) is 2.38. The summed E-state index contributed by atoms with van der Waals surface area (Å²) in [7, 11) is 0. The second-order valence-corrected chi connectivity index (χ2v) is 5.50. The zero-order valence-electron chi connectivity index (χ0n) is 12.4. The number of unbranched alkanes of at least 4 members (excludes halogenated alkanes) is 6. The Hall–Kier alpha value is -0.960. The number of aliphatic hydroxyl groups excluding tert-OH is 1. The molecule has 0 radical (unpaired) electrons. The quantitative estimate of drug-likeness (QED) is 0.599. The molecule has 0 aromatic heterocycles. The largest absolute Gasteiger partial charge is 0.393 e. The number of hydrogen-bond donors (Lipinski definition) is 1. The number of hydrogen-bond acceptors (Lipinski definition) is 1. The van der Waals surface area contributed by atoms with Crippen molar-refractivity contribution in [3.63, 3.8) is 0 Å². The minimum Gasteiger partial charge on any atom is -0.393 e. The number of halogens is 2. The van der Waals surface area contributed by atoms with Crippen LogP contribution in [0.2, 0.25) is 0 Å². The van der Waals surface area contributed by atoms with Gasteiger partial charge in [-0.2, -0.15) is 0 Å². The molecule has 1 aromatic carbocycles.